The highest BCUT2D eigenvalue weighted by Gasteiger charge is 2.13. The van der Waals surface area contributed by atoms with E-state index >= 15 is 0 Å². The van der Waals surface area contributed by atoms with Crippen LogP contribution in [0.2, 0.25) is 0 Å². The molecule has 0 atom stereocenters. The molecule has 3 rings (SSSR count). The van der Waals surface area contributed by atoms with E-state index in [1.807, 2.05) is 13.0 Å². The molecule has 2 aromatic heterocycles. The standard InChI is InChI=1S/C17H18N6O2S/c1-10-14(13-8-9-19-15(18-2)22-13)26-17(20-10)23-16(24)21-11-4-6-12(25-3)7-5-11/h4-9H,1-3H3,(H,18,19,22)(H2,20,21,23,24). The molecule has 1 aromatic carbocycles. The second-order valence-corrected chi connectivity index (χ2v) is 6.26. The van der Waals surface area contributed by atoms with E-state index in [1.54, 1.807) is 44.6 Å². The number of ether oxygens (including phenoxy) is 1. The van der Waals surface area contributed by atoms with Crippen molar-refractivity contribution in [1.82, 2.24) is 15.0 Å². The van der Waals surface area contributed by atoms with Gasteiger partial charge in [-0.1, -0.05) is 11.3 Å². The molecule has 0 aliphatic rings. The van der Waals surface area contributed by atoms with E-state index in [9.17, 15) is 4.79 Å². The number of aryl methyl sites for hydroxylation is 1. The van der Waals surface area contributed by atoms with E-state index in [1.165, 1.54) is 11.3 Å². The number of nitrogens with one attached hydrogen (secondary N) is 3. The second kappa shape index (κ2) is 7.79. The summed E-state index contributed by atoms with van der Waals surface area (Å²) in [6.07, 6.45) is 1.68. The van der Waals surface area contributed by atoms with Crippen molar-refractivity contribution in [3.05, 3.63) is 42.2 Å². The normalized spacial score (nSPS) is 10.3. The molecule has 0 spiro atoms. The summed E-state index contributed by atoms with van der Waals surface area (Å²) in [6.45, 7) is 1.87. The number of nitrogens with zero attached hydrogens (tertiary/aromatic N) is 3. The Bertz CT molecular complexity index is 910. The highest BCUT2D eigenvalue weighted by atomic mass is 32.1. The Kier molecular flexibility index (Phi) is 5.28. The zero-order valence-electron chi connectivity index (χ0n) is 14.5. The van der Waals surface area contributed by atoms with Crippen LogP contribution in [0.4, 0.5) is 21.6 Å². The van der Waals surface area contributed by atoms with E-state index < -0.39 is 0 Å². The van der Waals surface area contributed by atoms with Crippen LogP contribution < -0.4 is 20.7 Å². The number of anilines is 3. The Hall–Kier alpha value is -3.20. The van der Waals surface area contributed by atoms with Crippen LogP contribution in [0.15, 0.2) is 36.5 Å². The largest absolute Gasteiger partial charge is 0.497 e. The second-order valence-electron chi connectivity index (χ2n) is 5.26. The Labute approximate surface area is 154 Å². The molecule has 0 unspecified atom stereocenters. The van der Waals surface area contributed by atoms with Crippen LogP contribution in [0.3, 0.4) is 0 Å². The third kappa shape index (κ3) is 4.06. The van der Waals surface area contributed by atoms with Crippen LogP contribution in [0.5, 0.6) is 5.75 Å². The van der Waals surface area contributed by atoms with E-state index in [0.29, 0.717) is 16.8 Å². The van der Waals surface area contributed by atoms with Crippen LogP contribution in [0.1, 0.15) is 5.69 Å². The number of thiazole rings is 1. The van der Waals surface area contributed by atoms with E-state index in [0.717, 1.165) is 22.0 Å². The van der Waals surface area contributed by atoms with Gasteiger partial charge >= 0.3 is 6.03 Å². The topological polar surface area (TPSA) is 101 Å². The molecule has 0 saturated carbocycles. The van der Waals surface area contributed by atoms with E-state index in [2.05, 4.69) is 30.9 Å². The highest BCUT2D eigenvalue weighted by Crippen LogP contribution is 2.31. The van der Waals surface area contributed by atoms with Gasteiger partial charge < -0.3 is 15.4 Å². The maximum Gasteiger partial charge on any atom is 0.325 e. The predicted octanol–water partition coefficient (Wildman–Crippen LogP) is 3.60. The average molecular weight is 370 g/mol. The smallest absolute Gasteiger partial charge is 0.325 e. The molecule has 0 aliphatic carbocycles. The monoisotopic (exact) mass is 370 g/mol. The molecule has 3 N–H and O–H groups in total. The average Bonchev–Trinajstić information content (AvgIpc) is 3.02. The Balaban J connectivity index is 1.71. The first-order valence-electron chi connectivity index (χ1n) is 7.79. The van der Waals surface area contributed by atoms with Crippen molar-refractivity contribution in [3.8, 4) is 16.3 Å². The fraction of sp³-hybridized carbons (Fsp3) is 0.176. The van der Waals surface area contributed by atoms with Gasteiger partial charge in [0.2, 0.25) is 5.95 Å². The van der Waals surface area contributed by atoms with Crippen LogP contribution in [0, 0.1) is 6.92 Å². The summed E-state index contributed by atoms with van der Waals surface area (Å²) in [5.41, 5.74) is 2.20. The molecule has 9 heteroatoms. The van der Waals surface area contributed by atoms with Crippen LogP contribution in [-0.2, 0) is 0 Å². The van der Waals surface area contributed by atoms with Gasteiger partial charge in [-0.3, -0.25) is 5.32 Å². The van der Waals surface area contributed by atoms with Crippen LogP contribution in [0.25, 0.3) is 10.6 Å². The van der Waals surface area contributed by atoms with Gasteiger partial charge in [0.25, 0.3) is 0 Å². The number of carbonyl (C=O) groups excluding carboxylic acids is 1. The van der Waals surface area contributed by atoms with E-state index in [-0.39, 0.29) is 6.03 Å². The lowest BCUT2D eigenvalue weighted by molar-refractivity contribution is 0.262. The van der Waals surface area contributed by atoms with Crippen molar-refractivity contribution in [3.63, 3.8) is 0 Å². The Morgan fingerprint density at radius 3 is 2.58 bits per heavy atom. The molecule has 8 nitrogen and oxygen atoms in total. The predicted molar refractivity (Wildman–Crippen MR) is 103 cm³/mol. The van der Waals surface area contributed by atoms with Gasteiger partial charge in [0.15, 0.2) is 5.13 Å². The van der Waals surface area contributed by atoms with Crippen molar-refractivity contribution < 1.29 is 9.53 Å². The van der Waals surface area contributed by atoms with Gasteiger partial charge in [-0.25, -0.2) is 19.7 Å². The van der Waals surface area contributed by atoms with Gasteiger partial charge in [0.1, 0.15) is 5.75 Å². The van der Waals surface area contributed by atoms with Gasteiger partial charge in [0.05, 0.1) is 23.4 Å². The maximum absolute atomic E-state index is 12.2. The minimum atomic E-state index is -0.367. The number of hydrogen-bond acceptors (Lipinski definition) is 7. The summed E-state index contributed by atoms with van der Waals surface area (Å²) in [5.74, 6) is 1.25. The minimum absolute atomic E-state index is 0.367. The number of benzene rings is 1. The molecule has 0 aliphatic heterocycles. The SMILES string of the molecule is CNc1nccc(-c2sc(NC(=O)Nc3ccc(OC)cc3)nc2C)n1. The lowest BCUT2D eigenvalue weighted by Gasteiger charge is -2.06. The third-order valence-electron chi connectivity index (χ3n) is 3.48. The molecule has 0 fully saturated rings. The zero-order chi connectivity index (χ0) is 18.5. The molecular formula is C17H18N6O2S. The summed E-state index contributed by atoms with van der Waals surface area (Å²) in [6, 6.07) is 8.51. The maximum atomic E-state index is 12.2. The summed E-state index contributed by atoms with van der Waals surface area (Å²) in [5, 5.41) is 8.90. The Morgan fingerprint density at radius 2 is 1.88 bits per heavy atom. The summed E-state index contributed by atoms with van der Waals surface area (Å²) in [4.78, 5) is 26.0. The number of amides is 2. The number of methoxy groups -OCH3 is 1. The summed E-state index contributed by atoms with van der Waals surface area (Å²) < 4.78 is 5.09. The third-order valence-corrected chi connectivity index (χ3v) is 4.57. The van der Waals surface area contributed by atoms with Crippen molar-refractivity contribution in [1.29, 1.82) is 0 Å². The van der Waals surface area contributed by atoms with Gasteiger partial charge in [-0.05, 0) is 37.3 Å². The quantitative estimate of drug-likeness (QED) is 0.634. The van der Waals surface area contributed by atoms with Gasteiger partial charge in [-0.2, -0.15) is 0 Å². The van der Waals surface area contributed by atoms with Crippen molar-refractivity contribution in [2.45, 2.75) is 6.92 Å². The molecule has 2 amide bonds. The highest BCUT2D eigenvalue weighted by molar-refractivity contribution is 7.19. The fourth-order valence-electron chi connectivity index (χ4n) is 2.23. The minimum Gasteiger partial charge on any atom is -0.497 e. The van der Waals surface area contributed by atoms with Crippen LogP contribution >= 0.6 is 11.3 Å². The number of hydrogen-bond donors (Lipinski definition) is 3. The van der Waals surface area contributed by atoms with Crippen molar-refractivity contribution in [2.75, 3.05) is 30.1 Å². The van der Waals surface area contributed by atoms with Crippen LogP contribution in [-0.4, -0.2) is 35.1 Å². The number of aromatic nitrogens is 3. The molecule has 3 aromatic rings. The molecule has 2 heterocycles. The number of urea groups is 1. The molecular weight excluding hydrogens is 352 g/mol. The van der Waals surface area contributed by atoms with Gasteiger partial charge in [-0.15, -0.1) is 0 Å². The lowest BCUT2D eigenvalue weighted by atomic mass is 10.3. The zero-order valence-corrected chi connectivity index (χ0v) is 15.3. The summed E-state index contributed by atoms with van der Waals surface area (Å²) in [7, 11) is 3.35. The fourth-order valence-corrected chi connectivity index (χ4v) is 3.16. The number of rotatable bonds is 5. The molecule has 0 radical (unpaired) electrons. The molecule has 0 bridgehead atoms. The first-order chi connectivity index (χ1) is 12.6. The lowest BCUT2D eigenvalue weighted by Crippen LogP contribution is -2.19. The first-order valence-corrected chi connectivity index (χ1v) is 8.61. The van der Waals surface area contributed by atoms with E-state index in [4.69, 9.17) is 4.74 Å². The van der Waals surface area contributed by atoms with Gasteiger partial charge in [0, 0.05) is 18.9 Å². The number of carbonyl (C=O) groups is 1. The first kappa shape index (κ1) is 17.6. The Morgan fingerprint density at radius 1 is 1.12 bits per heavy atom. The summed E-state index contributed by atoms with van der Waals surface area (Å²) >= 11 is 1.36. The van der Waals surface area contributed by atoms with Crippen molar-refractivity contribution in [2.24, 2.45) is 0 Å². The molecule has 0 saturated heterocycles. The molecule has 26 heavy (non-hydrogen) atoms. The van der Waals surface area contributed by atoms with Crippen molar-refractivity contribution >= 4 is 34.1 Å². The molecule has 134 valence electrons.